The Hall–Kier alpha value is -2.02. The Morgan fingerprint density at radius 1 is 1.38 bits per heavy atom. The first-order chi connectivity index (χ1) is 9.84. The summed E-state index contributed by atoms with van der Waals surface area (Å²) < 4.78 is 0. The number of hydrogen-bond donors (Lipinski definition) is 1. The van der Waals surface area contributed by atoms with E-state index in [0.717, 1.165) is 18.5 Å². The molecule has 0 bridgehead atoms. The number of hydrogen-bond acceptors (Lipinski definition) is 3. The molecule has 0 unspecified atom stereocenters. The van der Waals surface area contributed by atoms with Crippen LogP contribution in [0.4, 0.5) is 5.69 Å². The third kappa shape index (κ3) is 3.75. The second-order valence-electron chi connectivity index (χ2n) is 6.34. The number of aryl methyl sites for hydroxylation is 2. The fourth-order valence-corrected chi connectivity index (χ4v) is 2.69. The highest BCUT2D eigenvalue weighted by molar-refractivity contribution is 5.82. The van der Waals surface area contributed by atoms with Crippen molar-refractivity contribution in [3.8, 4) is 6.07 Å². The highest BCUT2D eigenvalue weighted by Gasteiger charge is 2.43. The second kappa shape index (κ2) is 5.77. The molecule has 1 aromatic carbocycles. The van der Waals surface area contributed by atoms with Crippen LogP contribution < -0.4 is 10.2 Å². The topological polar surface area (TPSA) is 56.1 Å². The molecular weight excluding hydrogens is 262 g/mol. The van der Waals surface area contributed by atoms with Crippen LogP contribution in [0.1, 0.15) is 30.9 Å². The van der Waals surface area contributed by atoms with Gasteiger partial charge in [0.05, 0.1) is 12.6 Å². The molecule has 1 aliphatic carbocycles. The summed E-state index contributed by atoms with van der Waals surface area (Å²) in [5.74, 6) is 0.200. The summed E-state index contributed by atoms with van der Waals surface area (Å²) in [6.45, 7) is 6.17. The lowest BCUT2D eigenvalue weighted by Gasteiger charge is -2.26. The first kappa shape index (κ1) is 15.4. The molecule has 0 radical (unpaired) electrons. The minimum Gasteiger partial charge on any atom is -0.365 e. The maximum Gasteiger partial charge on any atom is 0.240 e. The standard InChI is InChI=1S/C17H23N3O/c1-12-7-13(2)9-15(8-12)20(4)10-16(21)19-17(3,11-18)14-5-6-14/h7-9,14H,5-6,10H2,1-4H3,(H,19,21)/t17-/m1/s1. The smallest absolute Gasteiger partial charge is 0.240 e. The third-order valence-electron chi connectivity index (χ3n) is 4.05. The quantitative estimate of drug-likeness (QED) is 0.904. The maximum atomic E-state index is 12.2. The molecule has 1 N–H and O–H groups in total. The van der Waals surface area contributed by atoms with E-state index in [2.05, 4.69) is 29.6 Å². The van der Waals surface area contributed by atoms with Crippen molar-refractivity contribution in [2.45, 2.75) is 39.2 Å². The first-order valence-corrected chi connectivity index (χ1v) is 7.36. The number of nitriles is 1. The SMILES string of the molecule is Cc1cc(C)cc(N(C)CC(=O)N[C@](C)(C#N)C2CC2)c1. The Morgan fingerprint density at radius 3 is 2.43 bits per heavy atom. The predicted octanol–water partition coefficient (Wildman–Crippen LogP) is 2.55. The number of carbonyl (C=O) groups excluding carboxylic acids is 1. The molecule has 0 aliphatic heterocycles. The lowest BCUT2D eigenvalue weighted by Crippen LogP contribution is -2.49. The molecule has 0 saturated heterocycles. The van der Waals surface area contributed by atoms with E-state index in [0.29, 0.717) is 5.92 Å². The van der Waals surface area contributed by atoms with Crippen LogP contribution in [0.15, 0.2) is 18.2 Å². The molecule has 4 nitrogen and oxygen atoms in total. The zero-order valence-corrected chi connectivity index (χ0v) is 13.2. The van der Waals surface area contributed by atoms with Crippen molar-refractivity contribution in [1.29, 1.82) is 5.26 Å². The zero-order valence-electron chi connectivity index (χ0n) is 13.2. The number of nitrogens with one attached hydrogen (secondary N) is 1. The Kier molecular flexibility index (Phi) is 4.22. The lowest BCUT2D eigenvalue weighted by molar-refractivity contribution is -0.121. The molecule has 0 spiro atoms. The number of anilines is 1. The van der Waals surface area contributed by atoms with Crippen LogP contribution >= 0.6 is 0 Å². The van der Waals surface area contributed by atoms with Crippen molar-refractivity contribution in [2.24, 2.45) is 5.92 Å². The summed E-state index contributed by atoms with van der Waals surface area (Å²) in [6, 6.07) is 8.48. The van der Waals surface area contributed by atoms with Crippen molar-refractivity contribution in [3.63, 3.8) is 0 Å². The average molecular weight is 285 g/mol. The molecule has 1 aromatic rings. The molecule has 0 aromatic heterocycles. The van der Waals surface area contributed by atoms with Gasteiger partial charge in [0.15, 0.2) is 0 Å². The number of nitrogens with zero attached hydrogens (tertiary/aromatic N) is 2. The normalized spacial score (nSPS) is 16.7. The molecular formula is C17H23N3O. The van der Waals surface area contributed by atoms with Gasteiger partial charge in [-0.05, 0) is 62.8 Å². The van der Waals surface area contributed by atoms with Crippen LogP contribution in [0.2, 0.25) is 0 Å². The summed E-state index contributed by atoms with van der Waals surface area (Å²) in [7, 11) is 1.90. The van der Waals surface area contributed by atoms with Crippen LogP contribution in [0.5, 0.6) is 0 Å². The van der Waals surface area contributed by atoms with Gasteiger partial charge in [0.2, 0.25) is 5.91 Å². The van der Waals surface area contributed by atoms with Crippen molar-refractivity contribution in [1.82, 2.24) is 5.32 Å². The van der Waals surface area contributed by atoms with Crippen molar-refractivity contribution >= 4 is 11.6 Å². The zero-order chi connectivity index (χ0) is 15.6. The highest BCUT2D eigenvalue weighted by atomic mass is 16.2. The van der Waals surface area contributed by atoms with E-state index in [1.807, 2.05) is 32.7 Å². The minimum atomic E-state index is -0.722. The predicted molar refractivity (Wildman–Crippen MR) is 84.1 cm³/mol. The summed E-state index contributed by atoms with van der Waals surface area (Å²) in [5, 5.41) is 12.2. The van der Waals surface area contributed by atoms with Gasteiger partial charge in [0.25, 0.3) is 0 Å². The van der Waals surface area contributed by atoms with E-state index in [9.17, 15) is 10.1 Å². The molecule has 2 rings (SSSR count). The van der Waals surface area contributed by atoms with Crippen LogP contribution in [-0.4, -0.2) is 25.0 Å². The number of likely N-dealkylation sites (N-methyl/N-ethyl adjacent to an activating group) is 1. The van der Waals surface area contributed by atoms with Gasteiger partial charge >= 0.3 is 0 Å². The number of benzene rings is 1. The van der Waals surface area contributed by atoms with Gasteiger partial charge in [0.1, 0.15) is 5.54 Å². The molecule has 112 valence electrons. The fraction of sp³-hybridized carbons (Fsp3) is 0.529. The Labute approximate surface area is 126 Å². The molecule has 1 saturated carbocycles. The fourth-order valence-electron chi connectivity index (χ4n) is 2.69. The molecule has 1 amide bonds. The van der Waals surface area contributed by atoms with Gasteiger partial charge in [0, 0.05) is 12.7 Å². The van der Waals surface area contributed by atoms with Crippen LogP contribution in [0.3, 0.4) is 0 Å². The van der Waals surface area contributed by atoms with Gasteiger partial charge < -0.3 is 10.2 Å². The molecule has 21 heavy (non-hydrogen) atoms. The van der Waals surface area contributed by atoms with Crippen LogP contribution in [-0.2, 0) is 4.79 Å². The monoisotopic (exact) mass is 285 g/mol. The summed E-state index contributed by atoms with van der Waals surface area (Å²) >= 11 is 0. The van der Waals surface area contributed by atoms with E-state index in [1.54, 1.807) is 0 Å². The van der Waals surface area contributed by atoms with Crippen molar-refractivity contribution < 1.29 is 4.79 Å². The summed E-state index contributed by atoms with van der Waals surface area (Å²) in [6.07, 6.45) is 2.05. The molecule has 0 heterocycles. The Bertz CT molecular complexity index is 566. The summed E-state index contributed by atoms with van der Waals surface area (Å²) in [4.78, 5) is 14.1. The number of amides is 1. The molecule has 1 atom stereocenters. The largest absolute Gasteiger partial charge is 0.365 e. The van der Waals surface area contributed by atoms with Gasteiger partial charge in [-0.1, -0.05) is 6.07 Å². The van der Waals surface area contributed by atoms with Crippen LogP contribution in [0, 0.1) is 31.1 Å². The molecule has 1 aliphatic rings. The Morgan fingerprint density at radius 2 is 1.95 bits per heavy atom. The number of carbonyl (C=O) groups is 1. The second-order valence-corrected chi connectivity index (χ2v) is 6.34. The van der Waals surface area contributed by atoms with E-state index < -0.39 is 5.54 Å². The van der Waals surface area contributed by atoms with E-state index in [4.69, 9.17) is 0 Å². The van der Waals surface area contributed by atoms with Gasteiger partial charge in [-0.2, -0.15) is 5.26 Å². The van der Waals surface area contributed by atoms with E-state index >= 15 is 0 Å². The third-order valence-corrected chi connectivity index (χ3v) is 4.05. The Balaban J connectivity index is 2.00. The van der Waals surface area contributed by atoms with Crippen LogP contribution in [0.25, 0.3) is 0 Å². The van der Waals surface area contributed by atoms with Crippen molar-refractivity contribution in [2.75, 3.05) is 18.5 Å². The van der Waals surface area contributed by atoms with Gasteiger partial charge in [-0.15, -0.1) is 0 Å². The lowest BCUT2D eigenvalue weighted by atomic mass is 9.98. The van der Waals surface area contributed by atoms with E-state index in [-0.39, 0.29) is 12.5 Å². The maximum absolute atomic E-state index is 12.2. The highest BCUT2D eigenvalue weighted by Crippen LogP contribution is 2.39. The van der Waals surface area contributed by atoms with Gasteiger partial charge in [-0.25, -0.2) is 0 Å². The van der Waals surface area contributed by atoms with E-state index in [1.165, 1.54) is 11.1 Å². The summed E-state index contributed by atoms with van der Waals surface area (Å²) in [5.41, 5.74) is 2.66. The average Bonchev–Trinajstić information content (AvgIpc) is 3.21. The molecule has 4 heteroatoms. The first-order valence-electron chi connectivity index (χ1n) is 7.36. The molecule has 1 fully saturated rings. The van der Waals surface area contributed by atoms with Crippen molar-refractivity contribution in [3.05, 3.63) is 29.3 Å². The van der Waals surface area contributed by atoms with Gasteiger partial charge in [-0.3, -0.25) is 4.79 Å². The number of rotatable bonds is 5. The minimum absolute atomic E-state index is 0.104.